The number of halogens is 1. The van der Waals surface area contributed by atoms with E-state index in [1.165, 1.54) is 0 Å². The summed E-state index contributed by atoms with van der Waals surface area (Å²) in [6.07, 6.45) is 0. The van der Waals surface area contributed by atoms with Gasteiger partial charge in [-0.25, -0.2) is 8.42 Å². The molecule has 1 heterocycles. The maximum absolute atomic E-state index is 12.4. The number of fused-ring (bicyclic) bond motifs is 2. The highest BCUT2D eigenvalue weighted by molar-refractivity contribution is 14.2. The maximum Gasteiger partial charge on any atom is 0.264 e. The minimum Gasteiger partial charge on any atom is -0.218 e. The second-order valence-electron chi connectivity index (χ2n) is 3.65. The summed E-state index contributed by atoms with van der Waals surface area (Å²) >= 11 is 2.32. The van der Waals surface area contributed by atoms with E-state index in [-0.39, 0.29) is 8.07 Å². The zero-order valence-corrected chi connectivity index (χ0v) is 12.4. The van der Waals surface area contributed by atoms with Crippen LogP contribution >= 0.6 is 21.2 Å². The van der Waals surface area contributed by atoms with E-state index < -0.39 is 9.84 Å². The van der Waals surface area contributed by atoms with Crippen molar-refractivity contribution in [2.75, 3.05) is 0 Å². The van der Waals surface area contributed by atoms with E-state index in [1.807, 2.05) is 24.3 Å². The number of hydrogen-bond acceptors (Lipinski definition) is 2. The van der Waals surface area contributed by atoms with E-state index >= 15 is 0 Å². The second kappa shape index (κ2) is 4.00. The van der Waals surface area contributed by atoms with Gasteiger partial charge in [-0.2, -0.15) is 0 Å². The highest BCUT2D eigenvalue weighted by Gasteiger charge is 2.42. The molecule has 2 aromatic carbocycles. The molecule has 0 radical (unpaired) electrons. The Morgan fingerprint density at radius 1 is 0.824 bits per heavy atom. The van der Waals surface area contributed by atoms with Gasteiger partial charge in [0.25, 0.3) is 21.2 Å². The summed E-state index contributed by atoms with van der Waals surface area (Å²) in [5.41, 5.74) is 0. The Bertz CT molecular complexity index is 642. The Hall–Kier alpha value is -0.530. The second-order valence-corrected chi connectivity index (χ2v) is 9.57. The van der Waals surface area contributed by atoms with Gasteiger partial charge in [0.2, 0.25) is 9.84 Å². The summed E-state index contributed by atoms with van der Waals surface area (Å²) in [5, 5.41) is 0. The summed E-state index contributed by atoms with van der Waals surface area (Å²) in [4.78, 5) is 2.73. The molecule has 0 bridgehead atoms. The highest BCUT2D eigenvalue weighted by atomic mass is 127. The first-order chi connectivity index (χ1) is 8.12. The molecule has 1 aliphatic rings. The van der Waals surface area contributed by atoms with Crippen molar-refractivity contribution in [3.8, 4) is 0 Å². The summed E-state index contributed by atoms with van der Waals surface area (Å²) in [6, 6.07) is 14.5. The van der Waals surface area contributed by atoms with Crippen molar-refractivity contribution >= 4 is 39.1 Å². The highest BCUT2D eigenvalue weighted by Crippen LogP contribution is 2.43. The molecule has 5 heteroatoms. The third-order valence-electron chi connectivity index (χ3n) is 2.66. The molecule has 0 saturated carbocycles. The normalized spacial score (nSPS) is 17.2. The van der Waals surface area contributed by atoms with Gasteiger partial charge >= 0.3 is 0 Å². The van der Waals surface area contributed by atoms with Crippen molar-refractivity contribution in [1.82, 2.24) is 0 Å². The Labute approximate surface area is 115 Å². The van der Waals surface area contributed by atoms with Gasteiger partial charge < -0.3 is 0 Å². The van der Waals surface area contributed by atoms with Crippen LogP contribution in [0.3, 0.4) is 0 Å². The molecule has 2 aromatic rings. The van der Waals surface area contributed by atoms with Crippen molar-refractivity contribution < 1.29 is 8.42 Å². The van der Waals surface area contributed by atoms with Crippen molar-refractivity contribution in [2.24, 2.45) is 0 Å². The molecule has 0 unspecified atom stereocenters. The first-order valence-electron chi connectivity index (χ1n) is 4.96. The standard InChI is InChI=1S/C12H8IO2S2/c13-16-9-5-1-3-7-11(9)17(14,15)12-8-4-2-6-10(12)16/h1-8H/q+1. The molecule has 0 aliphatic carbocycles. The van der Waals surface area contributed by atoms with Crippen LogP contribution in [0.2, 0.25) is 0 Å². The Morgan fingerprint density at radius 3 is 1.71 bits per heavy atom. The molecule has 0 atom stereocenters. The van der Waals surface area contributed by atoms with Crippen LogP contribution in [-0.2, 0) is 17.9 Å². The fourth-order valence-corrected chi connectivity index (χ4v) is 8.78. The quantitative estimate of drug-likeness (QED) is 0.524. The lowest BCUT2D eigenvalue weighted by atomic mass is 10.3. The summed E-state index contributed by atoms with van der Waals surface area (Å²) in [6.45, 7) is 0. The van der Waals surface area contributed by atoms with Crippen LogP contribution in [0.15, 0.2) is 68.1 Å². The fraction of sp³-hybridized carbons (Fsp3) is 0. The first kappa shape index (κ1) is 11.6. The van der Waals surface area contributed by atoms with E-state index in [1.54, 1.807) is 24.3 Å². The van der Waals surface area contributed by atoms with Gasteiger partial charge in [0.15, 0.2) is 9.79 Å². The van der Waals surface area contributed by atoms with E-state index in [9.17, 15) is 8.42 Å². The third-order valence-corrected chi connectivity index (χ3v) is 9.12. The number of hydrogen-bond donors (Lipinski definition) is 0. The van der Waals surface area contributed by atoms with Crippen LogP contribution in [-0.4, -0.2) is 8.42 Å². The topological polar surface area (TPSA) is 34.1 Å². The zero-order chi connectivity index (χ0) is 12.0. The third kappa shape index (κ3) is 1.63. The largest absolute Gasteiger partial charge is 0.264 e. The molecule has 3 rings (SSSR count). The molecule has 0 amide bonds. The van der Waals surface area contributed by atoms with Crippen LogP contribution in [0.1, 0.15) is 0 Å². The van der Waals surface area contributed by atoms with Gasteiger partial charge in [-0.15, -0.1) is 0 Å². The van der Waals surface area contributed by atoms with Crippen LogP contribution in [0, 0.1) is 0 Å². The van der Waals surface area contributed by atoms with Crippen molar-refractivity contribution in [3.63, 3.8) is 0 Å². The van der Waals surface area contributed by atoms with Crippen LogP contribution < -0.4 is 0 Å². The molecule has 86 valence electrons. The Morgan fingerprint density at radius 2 is 1.24 bits per heavy atom. The molecule has 0 saturated heterocycles. The predicted molar refractivity (Wildman–Crippen MR) is 76.3 cm³/mol. The first-order valence-corrected chi connectivity index (χ1v) is 10.2. The van der Waals surface area contributed by atoms with E-state index in [0.29, 0.717) is 9.79 Å². The van der Waals surface area contributed by atoms with Crippen molar-refractivity contribution in [3.05, 3.63) is 48.5 Å². The monoisotopic (exact) mass is 375 g/mol. The predicted octanol–water partition coefficient (Wildman–Crippen LogP) is 3.22. The lowest BCUT2D eigenvalue weighted by molar-refractivity contribution is 0.591. The maximum atomic E-state index is 12.4. The Kier molecular flexibility index (Phi) is 2.72. The van der Waals surface area contributed by atoms with E-state index in [2.05, 4.69) is 21.2 Å². The lowest BCUT2D eigenvalue weighted by Crippen LogP contribution is -2.16. The minimum absolute atomic E-state index is 0.196. The Balaban J connectivity index is 2.42. The average Bonchev–Trinajstić information content (AvgIpc) is 2.37. The van der Waals surface area contributed by atoms with Crippen molar-refractivity contribution in [1.29, 1.82) is 0 Å². The zero-order valence-electron chi connectivity index (χ0n) is 8.63. The lowest BCUT2D eigenvalue weighted by Gasteiger charge is -2.15. The van der Waals surface area contributed by atoms with Gasteiger partial charge in [-0.3, -0.25) is 0 Å². The summed E-state index contributed by atoms with van der Waals surface area (Å²) < 4.78 is 24.9. The van der Waals surface area contributed by atoms with E-state index in [4.69, 9.17) is 0 Å². The molecule has 1 aliphatic heterocycles. The minimum atomic E-state index is -3.33. The van der Waals surface area contributed by atoms with Gasteiger partial charge in [0.05, 0.1) is 0 Å². The van der Waals surface area contributed by atoms with Gasteiger partial charge in [0, 0.05) is 0 Å². The van der Waals surface area contributed by atoms with Crippen LogP contribution in [0.5, 0.6) is 0 Å². The van der Waals surface area contributed by atoms with Gasteiger partial charge in [-0.05, 0) is 24.3 Å². The van der Waals surface area contributed by atoms with Crippen LogP contribution in [0.25, 0.3) is 0 Å². The molecular formula is C12H8IO2S2+. The van der Waals surface area contributed by atoms with Gasteiger partial charge in [-0.1, -0.05) is 24.3 Å². The molecule has 0 N–H and O–H groups in total. The van der Waals surface area contributed by atoms with Crippen molar-refractivity contribution in [2.45, 2.75) is 19.6 Å². The molecule has 17 heavy (non-hydrogen) atoms. The molecule has 2 nitrogen and oxygen atoms in total. The number of rotatable bonds is 0. The smallest absolute Gasteiger partial charge is 0.218 e. The fourth-order valence-electron chi connectivity index (χ4n) is 1.88. The molecule has 0 fully saturated rings. The number of benzene rings is 2. The average molecular weight is 375 g/mol. The number of sulfone groups is 1. The summed E-state index contributed by atoms with van der Waals surface area (Å²) in [7, 11) is -3.53. The SMILES string of the molecule is O=S1(=O)c2ccccc2[S+](I)c2ccccc21. The van der Waals surface area contributed by atoms with Crippen LogP contribution in [0.4, 0.5) is 0 Å². The van der Waals surface area contributed by atoms with E-state index in [0.717, 1.165) is 9.79 Å². The molecular weight excluding hydrogens is 367 g/mol. The summed E-state index contributed by atoms with van der Waals surface area (Å²) in [5.74, 6) is 0. The molecule has 0 aromatic heterocycles. The van der Waals surface area contributed by atoms with Gasteiger partial charge in [0.1, 0.15) is 17.9 Å². The molecule has 0 spiro atoms.